The van der Waals surface area contributed by atoms with Crippen LogP contribution in [-0.2, 0) is 14.1 Å². The largest absolute Gasteiger partial charge is 0.381 e. The van der Waals surface area contributed by atoms with Gasteiger partial charge in [-0.05, 0) is 18.9 Å². The minimum atomic E-state index is -1.00. The lowest BCUT2D eigenvalue weighted by atomic mass is 10.0. The number of halogens is 3. The maximum atomic E-state index is 13.8. The van der Waals surface area contributed by atoms with Gasteiger partial charge in [0, 0.05) is 56.4 Å². The third kappa shape index (κ3) is 3.54. The number of hydrogen-bond donors (Lipinski definition) is 1. The molecule has 1 aliphatic rings. The third-order valence-electron chi connectivity index (χ3n) is 5.53. The van der Waals surface area contributed by atoms with E-state index < -0.39 is 11.6 Å². The average molecular weight is 436 g/mol. The summed E-state index contributed by atoms with van der Waals surface area (Å²) < 4.78 is 30.2. The van der Waals surface area contributed by atoms with Crippen molar-refractivity contribution in [2.24, 2.45) is 14.1 Å². The van der Waals surface area contributed by atoms with E-state index in [-0.39, 0.29) is 17.5 Å². The normalized spacial score (nSPS) is 15.0. The first-order valence-corrected chi connectivity index (χ1v) is 9.86. The molecule has 0 aliphatic carbocycles. The van der Waals surface area contributed by atoms with Gasteiger partial charge in [-0.3, -0.25) is 14.3 Å². The molecule has 1 fully saturated rings. The van der Waals surface area contributed by atoms with Gasteiger partial charge in [0.1, 0.15) is 5.15 Å². The van der Waals surface area contributed by atoms with Crippen LogP contribution in [0.2, 0.25) is 5.15 Å². The molecule has 3 heterocycles. The Morgan fingerprint density at radius 1 is 1.17 bits per heavy atom. The molecule has 0 atom stereocenters. The minimum absolute atomic E-state index is 0.0261. The maximum Gasteiger partial charge on any atom is 0.258 e. The number of carbonyl (C=O) groups excluding carboxylic acids is 1. The molecule has 30 heavy (non-hydrogen) atoms. The number of aryl methyl sites for hydroxylation is 2. The molecule has 2 aromatic heterocycles. The number of hydrogen-bond acceptors (Lipinski definition) is 4. The van der Waals surface area contributed by atoms with Crippen molar-refractivity contribution in [3.63, 3.8) is 0 Å². The highest BCUT2D eigenvalue weighted by molar-refractivity contribution is 6.32. The lowest BCUT2D eigenvalue weighted by Gasteiger charge is -2.33. The Bertz CT molecular complexity index is 1200. The fraction of sp³-hybridized carbons (Fsp3) is 0.350. The van der Waals surface area contributed by atoms with Crippen molar-refractivity contribution in [1.29, 1.82) is 0 Å². The standard InChI is InChI=1S/C20H20ClF2N5O2/c1-26-17-8-15(23)14(22)7-12(17)16(9-18(26)29)25-11-3-5-28(6-4-11)20(30)13-10-24-27(2)19(13)21/h7-11,25H,3-6H2,1-2H3. The molecule has 7 nitrogen and oxygen atoms in total. The summed E-state index contributed by atoms with van der Waals surface area (Å²) in [5.41, 5.74) is 0.797. The van der Waals surface area contributed by atoms with Crippen molar-refractivity contribution < 1.29 is 13.6 Å². The van der Waals surface area contributed by atoms with Crippen molar-refractivity contribution in [2.75, 3.05) is 18.4 Å². The summed E-state index contributed by atoms with van der Waals surface area (Å²) in [5, 5.41) is 7.99. The Morgan fingerprint density at radius 2 is 1.83 bits per heavy atom. The van der Waals surface area contributed by atoms with Gasteiger partial charge >= 0.3 is 0 Å². The summed E-state index contributed by atoms with van der Waals surface area (Å²) in [7, 11) is 3.18. The molecule has 1 aliphatic heterocycles. The number of amides is 1. The van der Waals surface area contributed by atoms with Gasteiger partial charge in [-0.15, -0.1) is 0 Å². The summed E-state index contributed by atoms with van der Waals surface area (Å²) in [6, 6.07) is 3.47. The zero-order chi connectivity index (χ0) is 21.6. The van der Waals surface area contributed by atoms with E-state index in [1.165, 1.54) is 28.6 Å². The number of rotatable bonds is 3. The highest BCUT2D eigenvalue weighted by Gasteiger charge is 2.26. The topological polar surface area (TPSA) is 72.2 Å². The number of nitrogens with zero attached hydrogens (tertiary/aromatic N) is 4. The van der Waals surface area contributed by atoms with E-state index in [1.54, 1.807) is 11.9 Å². The van der Waals surface area contributed by atoms with Crippen LogP contribution in [0.4, 0.5) is 14.5 Å². The molecule has 1 saturated heterocycles. The van der Waals surface area contributed by atoms with Gasteiger partial charge in [-0.1, -0.05) is 11.6 Å². The van der Waals surface area contributed by atoms with E-state index in [2.05, 4.69) is 10.4 Å². The molecule has 1 amide bonds. The first-order valence-electron chi connectivity index (χ1n) is 9.48. The van der Waals surface area contributed by atoms with Gasteiger partial charge in [-0.25, -0.2) is 8.78 Å². The lowest BCUT2D eigenvalue weighted by Crippen LogP contribution is -2.42. The second-order valence-corrected chi connectivity index (χ2v) is 7.78. The van der Waals surface area contributed by atoms with Crippen LogP contribution in [0.3, 0.4) is 0 Å². The molecular weight excluding hydrogens is 416 g/mol. The molecule has 3 aromatic rings. The van der Waals surface area contributed by atoms with Crippen molar-refractivity contribution in [2.45, 2.75) is 18.9 Å². The average Bonchev–Trinajstić information content (AvgIpc) is 3.06. The fourth-order valence-electron chi connectivity index (χ4n) is 3.75. The second-order valence-electron chi connectivity index (χ2n) is 7.42. The third-order valence-corrected chi connectivity index (χ3v) is 5.98. The second kappa shape index (κ2) is 7.71. The van der Waals surface area contributed by atoms with Crippen LogP contribution in [0, 0.1) is 11.6 Å². The monoisotopic (exact) mass is 435 g/mol. The Morgan fingerprint density at radius 3 is 2.47 bits per heavy atom. The van der Waals surface area contributed by atoms with Crippen molar-refractivity contribution in [1.82, 2.24) is 19.2 Å². The Kier molecular flexibility index (Phi) is 5.23. The summed E-state index contributed by atoms with van der Waals surface area (Å²) in [5.74, 6) is -2.16. The number of likely N-dealkylation sites (tertiary alicyclic amines) is 1. The van der Waals surface area contributed by atoms with Crippen LogP contribution in [0.15, 0.2) is 29.2 Å². The zero-order valence-corrected chi connectivity index (χ0v) is 17.2. The quantitative estimate of drug-likeness (QED) is 0.686. The molecule has 10 heteroatoms. The van der Waals surface area contributed by atoms with Gasteiger partial charge < -0.3 is 14.8 Å². The summed E-state index contributed by atoms with van der Waals surface area (Å²) in [6.45, 7) is 0.987. The van der Waals surface area contributed by atoms with Crippen molar-refractivity contribution in [3.05, 3.63) is 57.1 Å². The van der Waals surface area contributed by atoms with E-state index in [0.717, 1.165) is 12.1 Å². The van der Waals surface area contributed by atoms with Gasteiger partial charge in [0.05, 0.1) is 17.3 Å². The van der Waals surface area contributed by atoms with Crippen LogP contribution in [-0.4, -0.2) is 44.3 Å². The number of aromatic nitrogens is 3. The first-order chi connectivity index (χ1) is 14.3. The first kappa shape index (κ1) is 20.3. The predicted molar refractivity (Wildman–Crippen MR) is 110 cm³/mol. The summed E-state index contributed by atoms with van der Waals surface area (Å²) in [4.78, 5) is 26.6. The highest BCUT2D eigenvalue weighted by atomic mass is 35.5. The minimum Gasteiger partial charge on any atom is -0.381 e. The van der Waals surface area contributed by atoms with Crippen LogP contribution in [0.25, 0.3) is 10.9 Å². The van der Waals surface area contributed by atoms with E-state index in [4.69, 9.17) is 11.6 Å². The molecule has 0 bridgehead atoms. The van der Waals surface area contributed by atoms with Gasteiger partial charge in [-0.2, -0.15) is 5.10 Å². The van der Waals surface area contributed by atoms with Gasteiger partial charge in [0.15, 0.2) is 11.6 Å². The zero-order valence-electron chi connectivity index (χ0n) is 16.5. The molecule has 4 rings (SSSR count). The maximum absolute atomic E-state index is 13.8. The SMILES string of the molecule is Cn1ncc(C(=O)N2CCC(Nc3cc(=O)n(C)c4cc(F)c(F)cc34)CC2)c1Cl. The summed E-state index contributed by atoms with van der Waals surface area (Å²) >= 11 is 6.12. The number of nitrogens with one attached hydrogen (secondary N) is 1. The molecular formula is C20H20ClF2N5O2. The van der Waals surface area contributed by atoms with E-state index in [1.807, 2.05) is 0 Å². The molecule has 0 spiro atoms. The highest BCUT2D eigenvalue weighted by Crippen LogP contribution is 2.27. The van der Waals surface area contributed by atoms with Crippen LogP contribution < -0.4 is 10.9 Å². The number of benzene rings is 1. The number of fused-ring (bicyclic) bond motifs is 1. The Labute approximate surface area is 175 Å². The molecule has 0 saturated carbocycles. The van der Waals surface area contributed by atoms with Crippen molar-refractivity contribution in [3.8, 4) is 0 Å². The number of piperidine rings is 1. The van der Waals surface area contributed by atoms with Crippen LogP contribution in [0.1, 0.15) is 23.2 Å². The lowest BCUT2D eigenvalue weighted by molar-refractivity contribution is 0.0718. The number of pyridine rings is 1. The fourth-order valence-corrected chi connectivity index (χ4v) is 3.92. The van der Waals surface area contributed by atoms with Crippen molar-refractivity contribution >= 4 is 34.1 Å². The molecule has 1 N–H and O–H groups in total. The molecule has 1 aromatic carbocycles. The van der Waals surface area contributed by atoms with E-state index in [9.17, 15) is 18.4 Å². The number of carbonyl (C=O) groups is 1. The number of anilines is 1. The predicted octanol–water partition coefficient (Wildman–Crippen LogP) is 2.92. The van der Waals surface area contributed by atoms with E-state index >= 15 is 0 Å². The molecule has 0 unspecified atom stereocenters. The molecule has 0 radical (unpaired) electrons. The molecule has 158 valence electrons. The van der Waals surface area contributed by atoms with Crippen LogP contribution >= 0.6 is 11.6 Å². The Hall–Kier alpha value is -2.94. The Balaban J connectivity index is 1.52. The van der Waals surface area contributed by atoms with Crippen LogP contribution in [0.5, 0.6) is 0 Å². The van der Waals surface area contributed by atoms with E-state index in [0.29, 0.717) is 53.2 Å². The van der Waals surface area contributed by atoms with Gasteiger partial charge in [0.2, 0.25) is 0 Å². The summed E-state index contributed by atoms with van der Waals surface area (Å²) in [6.07, 6.45) is 2.71. The van der Waals surface area contributed by atoms with Gasteiger partial charge in [0.25, 0.3) is 11.5 Å². The smallest absolute Gasteiger partial charge is 0.258 e.